The van der Waals surface area contributed by atoms with Crippen LogP contribution in [0.1, 0.15) is 23.2 Å². The van der Waals surface area contributed by atoms with Gasteiger partial charge >= 0.3 is 0 Å². The van der Waals surface area contributed by atoms with E-state index in [-0.39, 0.29) is 25.2 Å². The Morgan fingerprint density at radius 3 is 2.30 bits per heavy atom. The fourth-order valence-electron chi connectivity index (χ4n) is 1.41. The SMILES string of the molecule is NNC(=O)CCC(=O)N(N)CC(=O)c1ccc(Cl)cc1. The molecule has 0 atom stereocenters. The van der Waals surface area contributed by atoms with Crippen LogP contribution in [-0.4, -0.2) is 29.2 Å². The molecule has 0 fully saturated rings. The Balaban J connectivity index is 2.50. The van der Waals surface area contributed by atoms with Crippen molar-refractivity contribution in [3.05, 3.63) is 34.9 Å². The summed E-state index contributed by atoms with van der Waals surface area (Å²) in [6.45, 7) is -0.273. The van der Waals surface area contributed by atoms with Crippen molar-refractivity contribution in [2.45, 2.75) is 12.8 Å². The molecule has 1 aromatic rings. The summed E-state index contributed by atoms with van der Waals surface area (Å²) in [6, 6.07) is 6.24. The van der Waals surface area contributed by atoms with Crippen LogP contribution in [0.15, 0.2) is 24.3 Å². The van der Waals surface area contributed by atoms with Crippen molar-refractivity contribution < 1.29 is 14.4 Å². The number of hydrogen-bond acceptors (Lipinski definition) is 5. The highest BCUT2D eigenvalue weighted by atomic mass is 35.5. The molecule has 0 aliphatic rings. The van der Waals surface area contributed by atoms with Crippen LogP contribution in [0.5, 0.6) is 0 Å². The van der Waals surface area contributed by atoms with Crippen LogP contribution in [0.3, 0.4) is 0 Å². The number of carbonyl (C=O) groups excluding carboxylic acids is 3. The molecule has 1 aromatic carbocycles. The van der Waals surface area contributed by atoms with Gasteiger partial charge in [0.2, 0.25) is 11.8 Å². The Labute approximate surface area is 120 Å². The number of hydrazine groups is 2. The third-order valence-corrected chi connectivity index (χ3v) is 2.78. The largest absolute Gasteiger partial charge is 0.294 e. The number of halogens is 1. The number of amides is 2. The summed E-state index contributed by atoms with van der Waals surface area (Å²) in [5, 5.41) is 1.29. The van der Waals surface area contributed by atoms with Crippen molar-refractivity contribution >= 4 is 29.2 Å². The maximum Gasteiger partial charge on any atom is 0.237 e. The topological polar surface area (TPSA) is 119 Å². The third-order valence-electron chi connectivity index (χ3n) is 2.53. The van der Waals surface area contributed by atoms with Gasteiger partial charge in [-0.2, -0.15) is 0 Å². The highest BCUT2D eigenvalue weighted by Gasteiger charge is 2.16. The summed E-state index contributed by atoms with van der Waals surface area (Å²) in [6.07, 6.45) is -0.203. The number of Topliss-reactive ketones (excluding diaryl/α,β-unsaturated/α-hetero) is 1. The van der Waals surface area contributed by atoms with E-state index < -0.39 is 11.8 Å². The lowest BCUT2D eigenvalue weighted by molar-refractivity contribution is -0.133. The number of nitrogens with one attached hydrogen (secondary N) is 1. The Morgan fingerprint density at radius 2 is 1.75 bits per heavy atom. The first kappa shape index (κ1) is 16.1. The van der Waals surface area contributed by atoms with Crippen molar-refractivity contribution in [1.82, 2.24) is 10.4 Å². The lowest BCUT2D eigenvalue weighted by Gasteiger charge is -2.15. The molecular formula is C12H15ClN4O3. The lowest BCUT2D eigenvalue weighted by atomic mass is 10.1. The molecule has 108 valence electrons. The maximum absolute atomic E-state index is 11.8. The molecule has 8 heteroatoms. The van der Waals surface area contributed by atoms with Crippen molar-refractivity contribution in [2.75, 3.05) is 6.54 Å². The predicted molar refractivity (Wildman–Crippen MR) is 73.2 cm³/mol. The van der Waals surface area contributed by atoms with Crippen LogP contribution >= 0.6 is 11.6 Å². The molecule has 0 aliphatic heterocycles. The first-order chi connectivity index (χ1) is 9.43. The van der Waals surface area contributed by atoms with E-state index in [9.17, 15) is 14.4 Å². The van der Waals surface area contributed by atoms with E-state index in [1.807, 2.05) is 5.43 Å². The molecule has 0 unspecified atom stereocenters. The number of benzene rings is 1. The summed E-state index contributed by atoms with van der Waals surface area (Å²) < 4.78 is 0. The highest BCUT2D eigenvalue weighted by molar-refractivity contribution is 6.30. The predicted octanol–water partition coefficient (Wildman–Crippen LogP) is -0.00490. The summed E-state index contributed by atoms with van der Waals surface area (Å²) in [5.41, 5.74) is 2.30. The van der Waals surface area contributed by atoms with Gasteiger partial charge in [0.1, 0.15) is 6.54 Å². The molecule has 0 heterocycles. The van der Waals surface area contributed by atoms with Gasteiger partial charge in [0.15, 0.2) is 5.78 Å². The van der Waals surface area contributed by atoms with Crippen molar-refractivity contribution in [1.29, 1.82) is 0 Å². The first-order valence-electron chi connectivity index (χ1n) is 5.77. The van der Waals surface area contributed by atoms with Gasteiger partial charge in [-0.3, -0.25) is 24.8 Å². The molecule has 7 nitrogen and oxygen atoms in total. The molecular weight excluding hydrogens is 284 g/mol. The second kappa shape index (κ2) is 7.59. The molecule has 0 saturated carbocycles. The van der Waals surface area contributed by atoms with Gasteiger partial charge in [0.25, 0.3) is 0 Å². The minimum atomic E-state index is -0.518. The van der Waals surface area contributed by atoms with Gasteiger partial charge in [-0.05, 0) is 24.3 Å². The number of hydrogen-bond donors (Lipinski definition) is 3. The van der Waals surface area contributed by atoms with Gasteiger partial charge < -0.3 is 0 Å². The molecule has 0 aromatic heterocycles. The third kappa shape index (κ3) is 4.96. The first-order valence-corrected chi connectivity index (χ1v) is 6.15. The molecule has 20 heavy (non-hydrogen) atoms. The van der Waals surface area contributed by atoms with Crippen molar-refractivity contribution in [2.24, 2.45) is 11.7 Å². The molecule has 0 saturated heterocycles. The zero-order chi connectivity index (χ0) is 15.1. The average molecular weight is 299 g/mol. The molecule has 0 radical (unpaired) electrons. The monoisotopic (exact) mass is 298 g/mol. The average Bonchev–Trinajstić information content (AvgIpc) is 2.44. The van der Waals surface area contributed by atoms with Gasteiger partial charge in [-0.25, -0.2) is 11.7 Å². The maximum atomic E-state index is 11.8. The summed E-state index contributed by atoms with van der Waals surface area (Å²) in [4.78, 5) is 34.3. The highest BCUT2D eigenvalue weighted by Crippen LogP contribution is 2.10. The van der Waals surface area contributed by atoms with Crippen LogP contribution in [0.25, 0.3) is 0 Å². The van der Waals surface area contributed by atoms with E-state index in [4.69, 9.17) is 23.3 Å². The quantitative estimate of drug-likeness (QED) is 0.295. The normalized spacial score (nSPS) is 9.95. The fourth-order valence-corrected chi connectivity index (χ4v) is 1.53. The molecule has 0 bridgehead atoms. The lowest BCUT2D eigenvalue weighted by Crippen LogP contribution is -2.42. The summed E-state index contributed by atoms with van der Waals surface area (Å²) in [7, 11) is 0. The van der Waals surface area contributed by atoms with Crippen molar-refractivity contribution in [3.8, 4) is 0 Å². The van der Waals surface area contributed by atoms with Crippen LogP contribution in [0, 0.1) is 0 Å². The number of rotatable bonds is 6. The van der Waals surface area contributed by atoms with Crippen LogP contribution < -0.4 is 17.1 Å². The van der Waals surface area contributed by atoms with Gasteiger partial charge in [0.05, 0.1) is 0 Å². The van der Waals surface area contributed by atoms with Crippen LogP contribution in [-0.2, 0) is 9.59 Å². The van der Waals surface area contributed by atoms with Crippen LogP contribution in [0.2, 0.25) is 5.02 Å². The summed E-state index contributed by atoms with van der Waals surface area (Å²) >= 11 is 5.71. The number of carbonyl (C=O) groups is 3. The van der Waals surface area contributed by atoms with E-state index in [1.165, 1.54) is 0 Å². The minimum Gasteiger partial charge on any atom is -0.294 e. The van der Waals surface area contributed by atoms with E-state index in [2.05, 4.69) is 0 Å². The molecule has 2 amide bonds. The Morgan fingerprint density at radius 1 is 1.15 bits per heavy atom. The van der Waals surface area contributed by atoms with Crippen LogP contribution in [0.4, 0.5) is 0 Å². The molecule has 0 spiro atoms. The van der Waals surface area contributed by atoms with E-state index in [0.29, 0.717) is 10.6 Å². The minimum absolute atomic E-state index is 0.0852. The standard InChI is InChI=1S/C12H15ClN4O3/c13-9-3-1-8(2-4-9)10(18)7-17(15)12(20)6-5-11(19)16-14/h1-4H,5-7,14-15H2,(H,16,19). The van der Waals surface area contributed by atoms with E-state index in [1.54, 1.807) is 24.3 Å². The second-order valence-electron chi connectivity index (χ2n) is 4.02. The number of nitrogens with two attached hydrogens (primary N) is 2. The van der Waals surface area contributed by atoms with Gasteiger partial charge in [0, 0.05) is 23.4 Å². The smallest absolute Gasteiger partial charge is 0.237 e. The number of nitrogens with zero attached hydrogens (tertiary/aromatic N) is 1. The van der Waals surface area contributed by atoms with Gasteiger partial charge in [-0.15, -0.1) is 0 Å². The second-order valence-corrected chi connectivity index (χ2v) is 4.46. The van der Waals surface area contributed by atoms with Gasteiger partial charge in [-0.1, -0.05) is 11.6 Å². The molecule has 5 N–H and O–H groups in total. The Hall–Kier alpha value is -1.96. The summed E-state index contributed by atoms with van der Waals surface area (Å²) in [5.74, 6) is 9.06. The Bertz CT molecular complexity index is 504. The van der Waals surface area contributed by atoms with E-state index >= 15 is 0 Å². The fraction of sp³-hybridized carbons (Fsp3) is 0.250. The molecule has 0 aliphatic carbocycles. The Kier molecular flexibility index (Phi) is 6.10. The molecule has 1 rings (SSSR count). The zero-order valence-electron chi connectivity index (χ0n) is 10.6. The zero-order valence-corrected chi connectivity index (χ0v) is 11.4. The number of ketones is 1. The van der Waals surface area contributed by atoms with Crippen molar-refractivity contribution in [3.63, 3.8) is 0 Å². The van der Waals surface area contributed by atoms with E-state index in [0.717, 1.165) is 5.01 Å².